The van der Waals surface area contributed by atoms with Gasteiger partial charge in [0.25, 0.3) is 0 Å². The normalized spacial score (nSPS) is 24.8. The van der Waals surface area contributed by atoms with Gasteiger partial charge < -0.3 is 20.4 Å². The number of hydrogen-bond acceptors (Lipinski definition) is 3. The van der Waals surface area contributed by atoms with E-state index in [-0.39, 0.29) is 6.04 Å². The molecule has 1 aromatic rings. The van der Waals surface area contributed by atoms with Crippen molar-refractivity contribution in [2.45, 2.75) is 25.3 Å². The van der Waals surface area contributed by atoms with Gasteiger partial charge in [-0.1, -0.05) is 0 Å². The second-order valence-corrected chi connectivity index (χ2v) is 7.40. The maximum absolute atomic E-state index is 14.0. The van der Waals surface area contributed by atoms with E-state index in [9.17, 15) is 8.78 Å². The van der Waals surface area contributed by atoms with Crippen LogP contribution >= 0.6 is 0 Å². The number of hydrogen-bond donors (Lipinski definition) is 2. The minimum Gasteiger partial charge on any atom is -0.367 e. The SMILES string of the molecule is CN=C(NCC1CCCN(C)C1)NC1CCN(c2ccc(F)cc2F)C1. The molecule has 0 radical (unpaired) electrons. The van der Waals surface area contributed by atoms with Crippen LogP contribution in [0, 0.1) is 17.6 Å². The molecule has 26 heavy (non-hydrogen) atoms. The van der Waals surface area contributed by atoms with Crippen LogP contribution in [0.4, 0.5) is 14.5 Å². The molecule has 7 heteroatoms. The molecule has 2 aliphatic heterocycles. The largest absolute Gasteiger partial charge is 0.367 e. The van der Waals surface area contributed by atoms with Crippen molar-refractivity contribution in [3.8, 4) is 0 Å². The van der Waals surface area contributed by atoms with Gasteiger partial charge in [-0.2, -0.15) is 0 Å². The number of anilines is 1. The van der Waals surface area contributed by atoms with Crippen molar-refractivity contribution in [1.82, 2.24) is 15.5 Å². The lowest BCUT2D eigenvalue weighted by Crippen LogP contribution is -2.47. The van der Waals surface area contributed by atoms with E-state index >= 15 is 0 Å². The highest BCUT2D eigenvalue weighted by molar-refractivity contribution is 5.80. The van der Waals surface area contributed by atoms with Crippen LogP contribution in [-0.4, -0.2) is 63.7 Å². The summed E-state index contributed by atoms with van der Waals surface area (Å²) >= 11 is 0. The van der Waals surface area contributed by atoms with Gasteiger partial charge in [0.2, 0.25) is 0 Å². The molecule has 2 saturated heterocycles. The zero-order valence-electron chi connectivity index (χ0n) is 15.6. The molecular formula is C19H29F2N5. The lowest BCUT2D eigenvalue weighted by Gasteiger charge is -2.30. The van der Waals surface area contributed by atoms with Crippen LogP contribution < -0.4 is 15.5 Å². The van der Waals surface area contributed by atoms with Crippen molar-refractivity contribution in [1.29, 1.82) is 0 Å². The van der Waals surface area contributed by atoms with E-state index in [2.05, 4.69) is 27.6 Å². The maximum atomic E-state index is 14.0. The van der Waals surface area contributed by atoms with Crippen molar-refractivity contribution in [2.24, 2.45) is 10.9 Å². The Morgan fingerprint density at radius 1 is 1.23 bits per heavy atom. The molecule has 5 nitrogen and oxygen atoms in total. The van der Waals surface area contributed by atoms with Gasteiger partial charge >= 0.3 is 0 Å². The minimum absolute atomic E-state index is 0.194. The van der Waals surface area contributed by atoms with Crippen LogP contribution in [0.25, 0.3) is 0 Å². The predicted octanol–water partition coefficient (Wildman–Crippen LogP) is 2.05. The van der Waals surface area contributed by atoms with Crippen molar-refractivity contribution in [3.63, 3.8) is 0 Å². The number of aliphatic imine (C=N–C) groups is 1. The fourth-order valence-electron chi connectivity index (χ4n) is 3.90. The summed E-state index contributed by atoms with van der Waals surface area (Å²) in [6, 6.07) is 3.96. The standard InChI is InChI=1S/C19H29F2N5/c1-22-19(23-11-14-4-3-8-25(2)12-14)24-16-7-9-26(13-16)18-6-5-15(20)10-17(18)21/h5-6,10,14,16H,3-4,7-9,11-13H2,1-2H3,(H2,22,23,24). The van der Waals surface area contributed by atoms with Crippen LogP contribution in [-0.2, 0) is 0 Å². The molecule has 0 aromatic heterocycles. The number of nitrogens with zero attached hydrogens (tertiary/aromatic N) is 3. The smallest absolute Gasteiger partial charge is 0.191 e. The summed E-state index contributed by atoms with van der Waals surface area (Å²) < 4.78 is 27.1. The van der Waals surface area contributed by atoms with Gasteiger partial charge in [-0.25, -0.2) is 8.78 Å². The number of guanidine groups is 1. The minimum atomic E-state index is -0.543. The number of piperidine rings is 1. The average Bonchev–Trinajstić information content (AvgIpc) is 3.07. The summed E-state index contributed by atoms with van der Waals surface area (Å²) in [5, 5.41) is 6.86. The highest BCUT2D eigenvalue weighted by Crippen LogP contribution is 2.24. The third-order valence-corrected chi connectivity index (χ3v) is 5.28. The first kappa shape index (κ1) is 18.9. The number of benzene rings is 1. The fraction of sp³-hybridized carbons (Fsp3) is 0.632. The topological polar surface area (TPSA) is 42.9 Å². The Bertz CT molecular complexity index is 636. The monoisotopic (exact) mass is 365 g/mol. The van der Waals surface area contributed by atoms with Gasteiger partial charge in [0.15, 0.2) is 5.96 Å². The molecule has 2 aliphatic rings. The van der Waals surface area contributed by atoms with Gasteiger partial charge in [0, 0.05) is 45.3 Å². The molecule has 1 aromatic carbocycles. The van der Waals surface area contributed by atoms with Crippen LogP contribution in [0.15, 0.2) is 23.2 Å². The van der Waals surface area contributed by atoms with Crippen LogP contribution in [0.1, 0.15) is 19.3 Å². The van der Waals surface area contributed by atoms with E-state index < -0.39 is 11.6 Å². The highest BCUT2D eigenvalue weighted by Gasteiger charge is 2.25. The van der Waals surface area contributed by atoms with Crippen molar-refractivity contribution < 1.29 is 8.78 Å². The van der Waals surface area contributed by atoms with Gasteiger partial charge in [0.05, 0.1) is 5.69 Å². The fourth-order valence-corrected chi connectivity index (χ4v) is 3.90. The molecule has 2 N–H and O–H groups in total. The average molecular weight is 365 g/mol. The van der Waals surface area contributed by atoms with E-state index in [1.54, 1.807) is 7.05 Å². The van der Waals surface area contributed by atoms with Gasteiger partial charge in [-0.3, -0.25) is 4.99 Å². The molecule has 2 unspecified atom stereocenters. The summed E-state index contributed by atoms with van der Waals surface area (Å²) in [6.07, 6.45) is 3.38. The summed E-state index contributed by atoms with van der Waals surface area (Å²) in [5.41, 5.74) is 0.462. The van der Waals surface area contributed by atoms with E-state index in [0.29, 0.717) is 18.2 Å². The molecule has 2 fully saturated rings. The van der Waals surface area contributed by atoms with Crippen molar-refractivity contribution >= 4 is 11.6 Å². The van der Waals surface area contributed by atoms with Crippen LogP contribution in [0.3, 0.4) is 0 Å². The van der Waals surface area contributed by atoms with E-state index in [4.69, 9.17) is 0 Å². The first-order chi connectivity index (χ1) is 12.5. The molecule has 0 bridgehead atoms. The van der Waals surface area contributed by atoms with Crippen LogP contribution in [0.2, 0.25) is 0 Å². The van der Waals surface area contributed by atoms with E-state index in [1.165, 1.54) is 31.5 Å². The number of rotatable bonds is 4. The zero-order chi connectivity index (χ0) is 18.5. The van der Waals surface area contributed by atoms with Crippen LogP contribution in [0.5, 0.6) is 0 Å². The van der Waals surface area contributed by atoms with Crippen molar-refractivity contribution in [3.05, 3.63) is 29.8 Å². The molecule has 0 spiro atoms. The number of likely N-dealkylation sites (tertiary alicyclic amines) is 1. The Morgan fingerprint density at radius 2 is 2.08 bits per heavy atom. The second kappa shape index (κ2) is 8.66. The Labute approximate surface area is 154 Å². The Kier molecular flexibility index (Phi) is 6.29. The molecule has 2 heterocycles. The molecule has 144 valence electrons. The number of halogens is 2. The lowest BCUT2D eigenvalue weighted by molar-refractivity contribution is 0.210. The molecule has 3 rings (SSSR count). The third-order valence-electron chi connectivity index (χ3n) is 5.28. The quantitative estimate of drug-likeness (QED) is 0.633. The summed E-state index contributed by atoms with van der Waals surface area (Å²) in [6.45, 7) is 4.62. The first-order valence-corrected chi connectivity index (χ1v) is 9.41. The first-order valence-electron chi connectivity index (χ1n) is 9.41. The Morgan fingerprint density at radius 3 is 2.81 bits per heavy atom. The molecule has 0 amide bonds. The Balaban J connectivity index is 1.49. The molecule has 2 atom stereocenters. The van der Waals surface area contributed by atoms with E-state index in [0.717, 1.165) is 38.1 Å². The van der Waals surface area contributed by atoms with Crippen molar-refractivity contribution in [2.75, 3.05) is 51.7 Å². The predicted molar refractivity (Wildman–Crippen MR) is 102 cm³/mol. The molecule has 0 aliphatic carbocycles. The summed E-state index contributed by atoms with van der Waals surface area (Å²) in [7, 11) is 3.94. The lowest BCUT2D eigenvalue weighted by atomic mass is 9.99. The van der Waals surface area contributed by atoms with Gasteiger partial charge in [-0.05, 0) is 50.9 Å². The summed E-state index contributed by atoms with van der Waals surface area (Å²) in [4.78, 5) is 8.65. The molecule has 0 saturated carbocycles. The van der Waals surface area contributed by atoms with Gasteiger partial charge in [-0.15, -0.1) is 0 Å². The second-order valence-electron chi connectivity index (χ2n) is 7.40. The third kappa shape index (κ3) is 4.84. The molecular weight excluding hydrogens is 336 g/mol. The van der Waals surface area contributed by atoms with Gasteiger partial charge in [0.1, 0.15) is 11.6 Å². The Hall–Kier alpha value is -1.89. The highest BCUT2D eigenvalue weighted by atomic mass is 19.1. The van der Waals surface area contributed by atoms with E-state index in [1.807, 2.05) is 4.90 Å². The zero-order valence-corrected chi connectivity index (χ0v) is 15.6. The summed E-state index contributed by atoms with van der Waals surface area (Å²) in [5.74, 6) is 0.387. The number of nitrogens with one attached hydrogen (secondary N) is 2. The maximum Gasteiger partial charge on any atom is 0.191 e.